The van der Waals surface area contributed by atoms with Crippen LogP contribution in [0.15, 0.2) is 4.52 Å². The van der Waals surface area contributed by atoms with Gasteiger partial charge in [-0.15, -0.1) is 21.5 Å². The van der Waals surface area contributed by atoms with Gasteiger partial charge in [0, 0.05) is 18.5 Å². The molecule has 2 heterocycles. The van der Waals surface area contributed by atoms with Crippen LogP contribution in [0.1, 0.15) is 47.3 Å². The second kappa shape index (κ2) is 5.50. The third-order valence-corrected chi connectivity index (χ3v) is 4.85. The van der Waals surface area contributed by atoms with E-state index in [0.29, 0.717) is 5.41 Å². The van der Waals surface area contributed by atoms with E-state index in [0.717, 1.165) is 47.4 Å². The maximum Gasteiger partial charge on any atom is 0.140 e. The summed E-state index contributed by atoms with van der Waals surface area (Å²) in [6.07, 6.45) is 3.25. The molecule has 21 heavy (non-hydrogen) atoms. The average molecular weight is 306 g/mol. The van der Waals surface area contributed by atoms with Crippen molar-refractivity contribution in [2.75, 3.05) is 7.05 Å². The van der Waals surface area contributed by atoms with Crippen LogP contribution in [0.5, 0.6) is 0 Å². The van der Waals surface area contributed by atoms with Crippen LogP contribution in [0.3, 0.4) is 0 Å². The highest BCUT2D eigenvalue weighted by molar-refractivity contribution is 7.11. The molecule has 2 aromatic rings. The average Bonchev–Trinajstić information content (AvgIpc) is 2.96. The molecule has 0 bridgehead atoms. The van der Waals surface area contributed by atoms with Gasteiger partial charge < -0.3 is 4.52 Å². The van der Waals surface area contributed by atoms with E-state index in [2.05, 4.69) is 41.1 Å². The van der Waals surface area contributed by atoms with Crippen LogP contribution in [-0.2, 0) is 25.9 Å². The molecule has 0 unspecified atom stereocenters. The van der Waals surface area contributed by atoms with Crippen molar-refractivity contribution in [3.05, 3.63) is 27.0 Å². The molecule has 6 heteroatoms. The van der Waals surface area contributed by atoms with Crippen molar-refractivity contribution in [3.63, 3.8) is 0 Å². The minimum atomic E-state index is 0.349. The summed E-state index contributed by atoms with van der Waals surface area (Å²) in [5.74, 6) is 1.09. The van der Waals surface area contributed by atoms with E-state index < -0.39 is 0 Å². The first-order valence-corrected chi connectivity index (χ1v) is 8.18. The fraction of sp³-hybridized carbons (Fsp3) is 0.667. The summed E-state index contributed by atoms with van der Waals surface area (Å²) in [4.78, 5) is 2.22. The third kappa shape index (κ3) is 3.32. The van der Waals surface area contributed by atoms with Gasteiger partial charge in [-0.05, 0) is 32.2 Å². The summed E-state index contributed by atoms with van der Waals surface area (Å²) in [7, 11) is 2.09. The van der Waals surface area contributed by atoms with Gasteiger partial charge in [-0.25, -0.2) is 0 Å². The Labute approximate surface area is 129 Å². The van der Waals surface area contributed by atoms with Crippen LogP contribution in [0, 0.1) is 12.3 Å². The monoisotopic (exact) mass is 306 g/mol. The van der Waals surface area contributed by atoms with Gasteiger partial charge in [0.1, 0.15) is 21.5 Å². The van der Waals surface area contributed by atoms with E-state index in [1.807, 2.05) is 6.92 Å². The quantitative estimate of drug-likeness (QED) is 0.869. The highest BCUT2D eigenvalue weighted by atomic mass is 32.1. The van der Waals surface area contributed by atoms with Gasteiger partial charge in [0.05, 0.1) is 6.54 Å². The molecule has 3 rings (SSSR count). The zero-order chi connectivity index (χ0) is 15.0. The topological polar surface area (TPSA) is 55.1 Å². The van der Waals surface area contributed by atoms with Crippen LogP contribution in [0.4, 0.5) is 0 Å². The SMILES string of the molecule is Cc1nnc(CN(C)Cc2noc3c2CC(C)(C)CC3)s1. The van der Waals surface area contributed by atoms with Crippen molar-refractivity contribution in [1.82, 2.24) is 20.3 Å². The number of fused-ring (bicyclic) bond motifs is 1. The van der Waals surface area contributed by atoms with E-state index >= 15 is 0 Å². The van der Waals surface area contributed by atoms with Gasteiger partial charge in [-0.2, -0.15) is 0 Å². The molecule has 0 N–H and O–H groups in total. The summed E-state index contributed by atoms with van der Waals surface area (Å²) >= 11 is 1.65. The standard InChI is InChI=1S/C15H22N4OS/c1-10-16-17-14(21-10)9-19(4)8-12-11-7-15(2,3)6-5-13(11)20-18-12/h5-9H2,1-4H3. The molecule has 1 aliphatic carbocycles. The normalized spacial score (nSPS) is 17.2. The maximum atomic E-state index is 5.53. The van der Waals surface area contributed by atoms with Gasteiger partial charge in [-0.3, -0.25) is 4.90 Å². The summed E-state index contributed by atoms with van der Waals surface area (Å²) in [5, 5.41) is 14.6. The summed E-state index contributed by atoms with van der Waals surface area (Å²) < 4.78 is 5.53. The molecule has 0 aromatic carbocycles. The number of aromatic nitrogens is 3. The predicted molar refractivity (Wildman–Crippen MR) is 82.1 cm³/mol. The molecular weight excluding hydrogens is 284 g/mol. The van der Waals surface area contributed by atoms with E-state index in [1.165, 1.54) is 12.0 Å². The number of hydrogen-bond acceptors (Lipinski definition) is 6. The Balaban J connectivity index is 1.69. The molecule has 1 aliphatic rings. The first kappa shape index (κ1) is 14.7. The molecule has 0 saturated carbocycles. The number of hydrogen-bond donors (Lipinski definition) is 0. The van der Waals surface area contributed by atoms with Crippen LogP contribution < -0.4 is 0 Å². The smallest absolute Gasteiger partial charge is 0.140 e. The minimum absolute atomic E-state index is 0.349. The van der Waals surface area contributed by atoms with Gasteiger partial charge in [0.25, 0.3) is 0 Å². The molecule has 5 nitrogen and oxygen atoms in total. The molecule has 0 radical (unpaired) electrons. The van der Waals surface area contributed by atoms with Crippen LogP contribution in [0.25, 0.3) is 0 Å². The molecule has 0 atom stereocenters. The highest BCUT2D eigenvalue weighted by Gasteiger charge is 2.30. The lowest BCUT2D eigenvalue weighted by Gasteiger charge is -2.28. The summed E-state index contributed by atoms with van der Waals surface area (Å²) in [6.45, 7) is 8.22. The zero-order valence-corrected chi connectivity index (χ0v) is 14.0. The van der Waals surface area contributed by atoms with E-state index in [4.69, 9.17) is 4.52 Å². The lowest BCUT2D eigenvalue weighted by atomic mass is 9.76. The molecule has 2 aromatic heterocycles. The van der Waals surface area contributed by atoms with Crippen molar-refractivity contribution in [3.8, 4) is 0 Å². The zero-order valence-electron chi connectivity index (χ0n) is 13.1. The van der Waals surface area contributed by atoms with Crippen molar-refractivity contribution < 1.29 is 4.52 Å². The van der Waals surface area contributed by atoms with Crippen molar-refractivity contribution in [1.29, 1.82) is 0 Å². The molecule has 0 aliphatic heterocycles. The maximum absolute atomic E-state index is 5.53. The van der Waals surface area contributed by atoms with Gasteiger partial charge in [0.15, 0.2) is 0 Å². The fourth-order valence-electron chi connectivity index (χ4n) is 2.87. The summed E-state index contributed by atoms with van der Waals surface area (Å²) in [6, 6.07) is 0. The van der Waals surface area contributed by atoms with Crippen molar-refractivity contribution >= 4 is 11.3 Å². The Bertz CT molecular complexity index is 631. The first-order chi connectivity index (χ1) is 9.93. The second-order valence-corrected chi connectivity index (χ2v) is 8.03. The Morgan fingerprint density at radius 1 is 1.29 bits per heavy atom. The van der Waals surface area contributed by atoms with Gasteiger partial charge in [0.2, 0.25) is 0 Å². The minimum Gasteiger partial charge on any atom is -0.361 e. The number of aryl methyl sites for hydroxylation is 2. The Hall–Kier alpha value is -1.27. The molecule has 0 spiro atoms. The Morgan fingerprint density at radius 3 is 2.81 bits per heavy atom. The lowest BCUT2D eigenvalue weighted by Crippen LogP contribution is -2.24. The van der Waals surface area contributed by atoms with Crippen molar-refractivity contribution in [2.24, 2.45) is 5.41 Å². The Kier molecular flexibility index (Phi) is 3.84. The molecule has 114 valence electrons. The Morgan fingerprint density at radius 2 is 2.10 bits per heavy atom. The van der Waals surface area contributed by atoms with Crippen LogP contribution >= 0.6 is 11.3 Å². The van der Waals surface area contributed by atoms with E-state index in [9.17, 15) is 0 Å². The van der Waals surface area contributed by atoms with Crippen molar-refractivity contribution in [2.45, 2.75) is 53.1 Å². The fourth-order valence-corrected chi connectivity index (χ4v) is 3.65. The summed E-state index contributed by atoms with van der Waals surface area (Å²) in [5.41, 5.74) is 2.76. The van der Waals surface area contributed by atoms with Gasteiger partial charge >= 0.3 is 0 Å². The molecule has 0 fully saturated rings. The van der Waals surface area contributed by atoms with E-state index in [-0.39, 0.29) is 0 Å². The van der Waals surface area contributed by atoms with E-state index in [1.54, 1.807) is 11.3 Å². The highest BCUT2D eigenvalue weighted by Crippen LogP contribution is 2.36. The van der Waals surface area contributed by atoms with Gasteiger partial charge in [-0.1, -0.05) is 19.0 Å². The number of rotatable bonds is 4. The lowest BCUT2D eigenvalue weighted by molar-refractivity contribution is 0.281. The largest absolute Gasteiger partial charge is 0.361 e. The molecule has 0 saturated heterocycles. The first-order valence-electron chi connectivity index (χ1n) is 7.37. The van der Waals surface area contributed by atoms with Crippen LogP contribution in [-0.4, -0.2) is 27.3 Å². The number of nitrogens with zero attached hydrogens (tertiary/aromatic N) is 4. The molecular formula is C15H22N4OS. The second-order valence-electron chi connectivity index (χ2n) is 6.76. The molecule has 0 amide bonds. The third-order valence-electron chi connectivity index (χ3n) is 4.03. The van der Waals surface area contributed by atoms with Crippen LogP contribution in [0.2, 0.25) is 0 Å². The predicted octanol–water partition coefficient (Wildman–Crippen LogP) is 2.98.